The summed E-state index contributed by atoms with van der Waals surface area (Å²) in [6.07, 6.45) is 1.71. The van der Waals surface area contributed by atoms with Crippen molar-refractivity contribution in [2.75, 3.05) is 6.61 Å². The average Bonchev–Trinajstić information content (AvgIpc) is 2.48. The molecule has 2 aromatic rings. The van der Waals surface area contributed by atoms with Crippen LogP contribution in [0.5, 0.6) is 5.75 Å². The van der Waals surface area contributed by atoms with Crippen LogP contribution in [0.25, 0.3) is 0 Å². The number of carbonyl (C=O) groups is 1. The van der Waals surface area contributed by atoms with E-state index < -0.39 is 5.41 Å². The van der Waals surface area contributed by atoms with Gasteiger partial charge in [-0.3, -0.25) is 0 Å². The Bertz CT molecular complexity index is 601. The molecule has 0 saturated heterocycles. The minimum Gasteiger partial charge on any atom is -0.494 e. The number of ether oxygens (including phenoxy) is 1. The van der Waals surface area contributed by atoms with Gasteiger partial charge in [0.1, 0.15) is 12.0 Å². The number of aldehydes is 1. The summed E-state index contributed by atoms with van der Waals surface area (Å²) in [6, 6.07) is 16.1. The first kappa shape index (κ1) is 15.3. The van der Waals surface area contributed by atoms with Crippen molar-refractivity contribution in [1.82, 2.24) is 0 Å². The quantitative estimate of drug-likeness (QED) is 0.746. The SMILES string of the molecule is CCOc1cccc(CC(C)(C=O)c2ccc(C)cc2)c1. The predicted octanol–water partition coefficient (Wildman–Crippen LogP) is 4.09. The predicted molar refractivity (Wildman–Crippen MR) is 85.9 cm³/mol. The fraction of sp³-hybridized carbons (Fsp3) is 0.316. The van der Waals surface area contributed by atoms with Crippen molar-refractivity contribution in [2.24, 2.45) is 0 Å². The lowest BCUT2D eigenvalue weighted by Crippen LogP contribution is -2.26. The summed E-state index contributed by atoms with van der Waals surface area (Å²) in [5.41, 5.74) is 2.84. The number of carbonyl (C=O) groups excluding carboxylic acids is 1. The number of hydrogen-bond donors (Lipinski definition) is 0. The molecule has 2 heteroatoms. The van der Waals surface area contributed by atoms with E-state index in [-0.39, 0.29) is 0 Å². The second kappa shape index (κ2) is 6.57. The van der Waals surface area contributed by atoms with Crippen LogP contribution in [0.4, 0.5) is 0 Å². The molecule has 0 N–H and O–H groups in total. The van der Waals surface area contributed by atoms with E-state index in [4.69, 9.17) is 4.74 Å². The van der Waals surface area contributed by atoms with Crippen molar-refractivity contribution in [3.8, 4) is 5.75 Å². The van der Waals surface area contributed by atoms with Crippen molar-refractivity contribution in [2.45, 2.75) is 32.6 Å². The summed E-state index contributed by atoms with van der Waals surface area (Å²) in [5, 5.41) is 0. The van der Waals surface area contributed by atoms with E-state index in [1.165, 1.54) is 5.56 Å². The maximum atomic E-state index is 11.7. The van der Waals surface area contributed by atoms with E-state index in [0.29, 0.717) is 13.0 Å². The average molecular weight is 282 g/mol. The zero-order chi connectivity index (χ0) is 15.3. The van der Waals surface area contributed by atoms with Gasteiger partial charge < -0.3 is 9.53 Å². The Morgan fingerprint density at radius 1 is 1.14 bits per heavy atom. The topological polar surface area (TPSA) is 26.3 Å². The van der Waals surface area contributed by atoms with Gasteiger partial charge in [0, 0.05) is 0 Å². The molecule has 0 aliphatic heterocycles. The Balaban J connectivity index is 2.27. The first-order valence-corrected chi connectivity index (χ1v) is 7.32. The minimum absolute atomic E-state index is 0.515. The molecule has 0 fully saturated rings. The Kier molecular flexibility index (Phi) is 4.79. The summed E-state index contributed by atoms with van der Waals surface area (Å²) < 4.78 is 5.53. The van der Waals surface area contributed by atoms with Gasteiger partial charge in [-0.2, -0.15) is 0 Å². The van der Waals surface area contributed by atoms with E-state index in [0.717, 1.165) is 23.2 Å². The summed E-state index contributed by atoms with van der Waals surface area (Å²) in [5.74, 6) is 0.854. The van der Waals surface area contributed by atoms with Crippen molar-refractivity contribution in [3.05, 3.63) is 65.2 Å². The second-order valence-electron chi connectivity index (χ2n) is 5.66. The van der Waals surface area contributed by atoms with Gasteiger partial charge in [0.05, 0.1) is 12.0 Å². The Morgan fingerprint density at radius 3 is 2.48 bits per heavy atom. The van der Waals surface area contributed by atoms with E-state index in [9.17, 15) is 4.79 Å². The molecule has 1 atom stereocenters. The maximum absolute atomic E-state index is 11.7. The van der Waals surface area contributed by atoms with E-state index >= 15 is 0 Å². The summed E-state index contributed by atoms with van der Waals surface area (Å²) in [6.45, 7) is 6.65. The first-order chi connectivity index (χ1) is 10.1. The van der Waals surface area contributed by atoms with Crippen LogP contribution in [0.3, 0.4) is 0 Å². The van der Waals surface area contributed by atoms with Crippen molar-refractivity contribution in [3.63, 3.8) is 0 Å². The van der Waals surface area contributed by atoms with Gasteiger partial charge >= 0.3 is 0 Å². The Hall–Kier alpha value is -2.09. The lowest BCUT2D eigenvalue weighted by molar-refractivity contribution is -0.112. The zero-order valence-electron chi connectivity index (χ0n) is 12.9. The van der Waals surface area contributed by atoms with Crippen molar-refractivity contribution >= 4 is 6.29 Å². The second-order valence-corrected chi connectivity index (χ2v) is 5.66. The Labute approximate surface area is 126 Å². The van der Waals surface area contributed by atoms with Crippen LogP contribution in [0.15, 0.2) is 48.5 Å². The molecular weight excluding hydrogens is 260 g/mol. The monoisotopic (exact) mass is 282 g/mol. The standard InChI is InChI=1S/C19H22O2/c1-4-21-18-7-5-6-16(12-18)13-19(3,14-20)17-10-8-15(2)9-11-17/h5-12,14H,4,13H2,1-3H3. The highest BCUT2D eigenvalue weighted by molar-refractivity contribution is 5.68. The van der Waals surface area contributed by atoms with Gasteiger partial charge in [-0.15, -0.1) is 0 Å². The highest BCUT2D eigenvalue weighted by Gasteiger charge is 2.26. The highest BCUT2D eigenvalue weighted by atomic mass is 16.5. The third kappa shape index (κ3) is 3.72. The lowest BCUT2D eigenvalue weighted by atomic mass is 9.78. The molecule has 0 saturated carbocycles. The molecule has 0 amide bonds. The highest BCUT2D eigenvalue weighted by Crippen LogP contribution is 2.28. The molecule has 0 bridgehead atoms. The van der Waals surface area contributed by atoms with Gasteiger partial charge in [0.25, 0.3) is 0 Å². The van der Waals surface area contributed by atoms with Crippen molar-refractivity contribution < 1.29 is 9.53 Å². The molecule has 2 rings (SSSR count). The summed E-state index contributed by atoms with van der Waals surface area (Å²) in [7, 11) is 0. The van der Waals surface area contributed by atoms with Crippen LogP contribution >= 0.6 is 0 Å². The van der Waals surface area contributed by atoms with Crippen LogP contribution in [0, 0.1) is 6.92 Å². The molecule has 0 heterocycles. The lowest BCUT2D eigenvalue weighted by Gasteiger charge is -2.24. The van der Waals surface area contributed by atoms with E-state index in [2.05, 4.69) is 0 Å². The number of aryl methyl sites for hydroxylation is 1. The first-order valence-electron chi connectivity index (χ1n) is 7.32. The summed E-state index contributed by atoms with van der Waals surface area (Å²) >= 11 is 0. The maximum Gasteiger partial charge on any atom is 0.130 e. The molecule has 21 heavy (non-hydrogen) atoms. The third-order valence-electron chi connectivity index (χ3n) is 3.75. The molecule has 2 aromatic carbocycles. The fourth-order valence-electron chi connectivity index (χ4n) is 2.48. The smallest absolute Gasteiger partial charge is 0.130 e. The number of rotatable bonds is 6. The third-order valence-corrected chi connectivity index (χ3v) is 3.75. The molecule has 0 aliphatic carbocycles. The van der Waals surface area contributed by atoms with Crippen LogP contribution in [-0.2, 0) is 16.6 Å². The molecule has 0 aliphatic rings. The van der Waals surface area contributed by atoms with Crippen LogP contribution in [0.2, 0.25) is 0 Å². The van der Waals surface area contributed by atoms with Gasteiger partial charge in [0.15, 0.2) is 0 Å². The number of hydrogen-bond acceptors (Lipinski definition) is 2. The zero-order valence-corrected chi connectivity index (χ0v) is 12.9. The van der Waals surface area contributed by atoms with Crippen LogP contribution in [-0.4, -0.2) is 12.9 Å². The van der Waals surface area contributed by atoms with Gasteiger partial charge in [-0.05, 0) is 50.5 Å². The van der Waals surface area contributed by atoms with Crippen LogP contribution in [0.1, 0.15) is 30.5 Å². The molecule has 110 valence electrons. The fourth-order valence-corrected chi connectivity index (χ4v) is 2.48. The number of benzene rings is 2. The van der Waals surface area contributed by atoms with E-state index in [1.807, 2.05) is 69.3 Å². The van der Waals surface area contributed by atoms with Crippen LogP contribution < -0.4 is 4.74 Å². The van der Waals surface area contributed by atoms with Gasteiger partial charge in [-0.1, -0.05) is 42.0 Å². The largest absolute Gasteiger partial charge is 0.494 e. The molecule has 0 spiro atoms. The van der Waals surface area contributed by atoms with Gasteiger partial charge in [-0.25, -0.2) is 0 Å². The molecule has 0 aromatic heterocycles. The summed E-state index contributed by atoms with van der Waals surface area (Å²) in [4.78, 5) is 11.7. The minimum atomic E-state index is -0.515. The normalized spacial score (nSPS) is 13.5. The molecular formula is C19H22O2. The van der Waals surface area contributed by atoms with Crippen molar-refractivity contribution in [1.29, 1.82) is 0 Å². The van der Waals surface area contributed by atoms with Gasteiger partial charge in [0.2, 0.25) is 0 Å². The molecule has 2 nitrogen and oxygen atoms in total. The molecule has 1 unspecified atom stereocenters. The molecule has 0 radical (unpaired) electrons. The Morgan fingerprint density at radius 2 is 1.86 bits per heavy atom. The van der Waals surface area contributed by atoms with E-state index in [1.54, 1.807) is 0 Å².